The van der Waals surface area contributed by atoms with Gasteiger partial charge in [0.1, 0.15) is 6.26 Å². The molecule has 106 valence electrons. The molecule has 0 spiro atoms. The van der Waals surface area contributed by atoms with Crippen LogP contribution < -0.4 is 10.6 Å². The molecule has 2 rings (SSSR count). The van der Waals surface area contributed by atoms with Crippen LogP contribution in [0, 0.1) is 0 Å². The van der Waals surface area contributed by atoms with E-state index in [0.717, 1.165) is 6.42 Å². The Morgan fingerprint density at radius 2 is 2.10 bits per heavy atom. The summed E-state index contributed by atoms with van der Waals surface area (Å²) >= 11 is 1.68. The van der Waals surface area contributed by atoms with Gasteiger partial charge in [-0.25, -0.2) is 0 Å². The first kappa shape index (κ1) is 14.3. The number of hydrogen-bond donors (Lipinski definition) is 2. The number of carbonyl (C=O) groups excluding carboxylic acids is 2. The third-order valence-corrected chi connectivity index (χ3v) is 3.63. The summed E-state index contributed by atoms with van der Waals surface area (Å²) in [5.41, 5.74) is 0.461. The van der Waals surface area contributed by atoms with Gasteiger partial charge in [0.2, 0.25) is 5.91 Å². The van der Waals surface area contributed by atoms with Gasteiger partial charge < -0.3 is 15.1 Å². The lowest BCUT2D eigenvalue weighted by Crippen LogP contribution is -2.31. The minimum Gasteiger partial charge on any atom is -0.472 e. The lowest BCUT2D eigenvalue weighted by molar-refractivity contribution is -0.120. The fourth-order valence-electron chi connectivity index (χ4n) is 1.65. The van der Waals surface area contributed by atoms with Crippen LogP contribution in [-0.2, 0) is 11.2 Å². The molecule has 0 saturated carbocycles. The lowest BCUT2D eigenvalue weighted by atomic mass is 10.3. The summed E-state index contributed by atoms with van der Waals surface area (Å²) in [6.07, 6.45) is 3.92. The first-order valence-corrected chi connectivity index (χ1v) is 7.23. The third kappa shape index (κ3) is 4.55. The number of nitrogens with one attached hydrogen (secondary N) is 2. The summed E-state index contributed by atoms with van der Waals surface area (Å²) in [5, 5.41) is 7.51. The molecule has 0 saturated heterocycles. The Bertz CT molecular complexity index is 535. The molecule has 2 N–H and O–H groups in total. The molecule has 0 fully saturated rings. The van der Waals surface area contributed by atoms with Gasteiger partial charge in [0, 0.05) is 24.4 Å². The number of furan rings is 1. The Labute approximate surface area is 121 Å². The summed E-state index contributed by atoms with van der Waals surface area (Å²) in [6.45, 7) is 0.934. The molecule has 2 heterocycles. The first-order valence-electron chi connectivity index (χ1n) is 6.35. The van der Waals surface area contributed by atoms with Crippen molar-refractivity contribution >= 4 is 23.2 Å². The van der Waals surface area contributed by atoms with E-state index < -0.39 is 0 Å². The number of amides is 2. The third-order valence-electron chi connectivity index (χ3n) is 2.69. The molecule has 2 aromatic heterocycles. The monoisotopic (exact) mass is 292 g/mol. The van der Waals surface area contributed by atoms with Crippen molar-refractivity contribution in [1.82, 2.24) is 10.6 Å². The number of rotatable bonds is 7. The average molecular weight is 292 g/mol. The molecule has 2 amide bonds. The topological polar surface area (TPSA) is 71.3 Å². The Morgan fingerprint density at radius 1 is 1.20 bits per heavy atom. The molecule has 0 radical (unpaired) electrons. The van der Waals surface area contributed by atoms with Crippen molar-refractivity contribution in [1.29, 1.82) is 0 Å². The van der Waals surface area contributed by atoms with Gasteiger partial charge in [-0.15, -0.1) is 11.3 Å². The van der Waals surface area contributed by atoms with Gasteiger partial charge in [-0.3, -0.25) is 9.59 Å². The largest absolute Gasteiger partial charge is 0.472 e. The SMILES string of the molecule is O=C(CCNC(=O)c1ccoc1)NCCc1cccs1. The predicted octanol–water partition coefficient (Wildman–Crippen LogP) is 1.82. The van der Waals surface area contributed by atoms with E-state index in [4.69, 9.17) is 4.42 Å². The Morgan fingerprint density at radius 3 is 2.80 bits per heavy atom. The summed E-state index contributed by atoms with van der Waals surface area (Å²) < 4.78 is 4.81. The highest BCUT2D eigenvalue weighted by Crippen LogP contribution is 2.08. The molecule has 0 bridgehead atoms. The standard InChI is InChI=1S/C14H16N2O3S/c17-13(15-6-3-12-2-1-9-20-12)4-7-16-14(18)11-5-8-19-10-11/h1-2,5,8-10H,3-4,6-7H2,(H,15,17)(H,16,18). The highest BCUT2D eigenvalue weighted by atomic mass is 32.1. The maximum Gasteiger partial charge on any atom is 0.254 e. The molecule has 20 heavy (non-hydrogen) atoms. The molecule has 0 aliphatic carbocycles. The van der Waals surface area contributed by atoms with Crippen LogP contribution >= 0.6 is 11.3 Å². The molecule has 6 heteroatoms. The zero-order chi connectivity index (χ0) is 14.2. The van der Waals surface area contributed by atoms with E-state index in [9.17, 15) is 9.59 Å². The van der Waals surface area contributed by atoms with E-state index in [1.807, 2.05) is 17.5 Å². The zero-order valence-electron chi connectivity index (χ0n) is 10.9. The molecular weight excluding hydrogens is 276 g/mol. The van der Waals surface area contributed by atoms with Gasteiger partial charge in [-0.2, -0.15) is 0 Å². The van der Waals surface area contributed by atoms with Crippen LogP contribution in [0.1, 0.15) is 21.7 Å². The van der Waals surface area contributed by atoms with Crippen molar-refractivity contribution < 1.29 is 14.0 Å². The molecule has 2 aromatic rings. The average Bonchev–Trinajstić information content (AvgIpc) is 3.12. The second-order valence-corrected chi connectivity index (χ2v) is 5.23. The molecule has 0 unspecified atom stereocenters. The van der Waals surface area contributed by atoms with Crippen molar-refractivity contribution in [3.63, 3.8) is 0 Å². The Hall–Kier alpha value is -2.08. The van der Waals surface area contributed by atoms with E-state index in [2.05, 4.69) is 10.6 Å². The molecule has 5 nitrogen and oxygen atoms in total. The van der Waals surface area contributed by atoms with Crippen LogP contribution in [0.4, 0.5) is 0 Å². The predicted molar refractivity (Wildman–Crippen MR) is 76.7 cm³/mol. The quantitative estimate of drug-likeness (QED) is 0.817. The van der Waals surface area contributed by atoms with E-state index >= 15 is 0 Å². The number of carbonyl (C=O) groups is 2. The fourth-order valence-corrected chi connectivity index (χ4v) is 2.36. The van der Waals surface area contributed by atoms with E-state index in [0.29, 0.717) is 18.7 Å². The first-order chi connectivity index (χ1) is 9.75. The smallest absolute Gasteiger partial charge is 0.254 e. The van der Waals surface area contributed by atoms with Crippen molar-refractivity contribution in [2.24, 2.45) is 0 Å². The molecule has 0 aliphatic rings. The van der Waals surface area contributed by atoms with Crippen LogP contribution in [0.15, 0.2) is 40.5 Å². The normalized spacial score (nSPS) is 10.2. The highest BCUT2D eigenvalue weighted by molar-refractivity contribution is 7.09. The van der Waals surface area contributed by atoms with Gasteiger partial charge in [0.25, 0.3) is 5.91 Å². The summed E-state index contributed by atoms with van der Waals surface area (Å²) in [7, 11) is 0. The zero-order valence-corrected chi connectivity index (χ0v) is 11.7. The van der Waals surface area contributed by atoms with Crippen molar-refractivity contribution in [2.45, 2.75) is 12.8 Å². The van der Waals surface area contributed by atoms with E-state index in [1.165, 1.54) is 17.4 Å². The molecule has 0 atom stereocenters. The maximum absolute atomic E-state index is 11.6. The van der Waals surface area contributed by atoms with Gasteiger partial charge in [0.05, 0.1) is 11.8 Å². The van der Waals surface area contributed by atoms with Gasteiger partial charge >= 0.3 is 0 Å². The highest BCUT2D eigenvalue weighted by Gasteiger charge is 2.07. The summed E-state index contributed by atoms with van der Waals surface area (Å²) in [6, 6.07) is 5.62. The summed E-state index contributed by atoms with van der Waals surface area (Å²) in [5.74, 6) is -0.292. The molecule has 0 aromatic carbocycles. The van der Waals surface area contributed by atoms with Crippen molar-refractivity contribution in [3.8, 4) is 0 Å². The molecule has 0 aliphatic heterocycles. The van der Waals surface area contributed by atoms with Gasteiger partial charge in [0.15, 0.2) is 0 Å². The van der Waals surface area contributed by atoms with Crippen LogP contribution in [0.25, 0.3) is 0 Å². The Kier molecular flexibility index (Phi) is 5.37. The van der Waals surface area contributed by atoms with Crippen LogP contribution in [0.2, 0.25) is 0 Å². The Balaban J connectivity index is 1.57. The minimum atomic E-state index is -0.231. The van der Waals surface area contributed by atoms with Crippen molar-refractivity contribution in [2.75, 3.05) is 13.1 Å². The van der Waals surface area contributed by atoms with E-state index in [1.54, 1.807) is 17.4 Å². The van der Waals surface area contributed by atoms with Crippen molar-refractivity contribution in [3.05, 3.63) is 46.5 Å². The summed E-state index contributed by atoms with van der Waals surface area (Å²) in [4.78, 5) is 24.4. The maximum atomic E-state index is 11.6. The molecular formula is C14H16N2O3S. The van der Waals surface area contributed by atoms with Gasteiger partial charge in [-0.05, 0) is 23.9 Å². The van der Waals surface area contributed by atoms with Crippen LogP contribution in [0.5, 0.6) is 0 Å². The van der Waals surface area contributed by atoms with Crippen LogP contribution in [0.3, 0.4) is 0 Å². The lowest BCUT2D eigenvalue weighted by Gasteiger charge is -2.05. The minimum absolute atomic E-state index is 0.0611. The fraction of sp³-hybridized carbons (Fsp3) is 0.286. The number of thiophene rings is 1. The van der Waals surface area contributed by atoms with Crippen LogP contribution in [-0.4, -0.2) is 24.9 Å². The second kappa shape index (κ2) is 7.49. The van der Waals surface area contributed by atoms with E-state index in [-0.39, 0.29) is 18.2 Å². The number of hydrogen-bond acceptors (Lipinski definition) is 4. The van der Waals surface area contributed by atoms with Gasteiger partial charge in [-0.1, -0.05) is 6.07 Å². The second-order valence-electron chi connectivity index (χ2n) is 4.20.